The number of ether oxygens (including phenoxy) is 1. The lowest BCUT2D eigenvalue weighted by atomic mass is 10.1. The Morgan fingerprint density at radius 1 is 1.47 bits per heavy atom. The van der Waals surface area contributed by atoms with E-state index in [1.807, 2.05) is 13.8 Å². The molecule has 0 aliphatic carbocycles. The third-order valence-corrected chi connectivity index (χ3v) is 2.38. The molecule has 0 bridgehead atoms. The van der Waals surface area contributed by atoms with Crippen LogP contribution < -0.4 is 4.74 Å². The summed E-state index contributed by atoms with van der Waals surface area (Å²) < 4.78 is 5.66. The lowest BCUT2D eigenvalue weighted by Crippen LogP contribution is -2.27. The van der Waals surface area contributed by atoms with Crippen LogP contribution in [0.25, 0.3) is 0 Å². The van der Waals surface area contributed by atoms with E-state index < -0.39 is 0 Å². The van der Waals surface area contributed by atoms with Crippen molar-refractivity contribution >= 4 is 5.78 Å². The molecule has 0 aromatic carbocycles. The van der Waals surface area contributed by atoms with Crippen LogP contribution in [0.4, 0.5) is 0 Å². The second kappa shape index (κ2) is 4.43. The fourth-order valence-electron chi connectivity index (χ4n) is 1.00. The molecular weight excluding hydrogens is 190 g/mol. The zero-order chi connectivity index (χ0) is 11.5. The monoisotopic (exact) mass is 207 g/mol. The number of aromatic nitrogens is 1. The maximum Gasteiger partial charge on any atom is 0.213 e. The summed E-state index contributed by atoms with van der Waals surface area (Å²) in [7, 11) is 0. The molecule has 0 aliphatic rings. The van der Waals surface area contributed by atoms with Gasteiger partial charge in [0.25, 0.3) is 0 Å². The number of pyridine rings is 1. The van der Waals surface area contributed by atoms with Crippen LogP contribution in [0.5, 0.6) is 5.88 Å². The second-order valence-corrected chi connectivity index (χ2v) is 4.16. The van der Waals surface area contributed by atoms with E-state index in [9.17, 15) is 4.79 Å². The number of hydrogen-bond donors (Lipinski definition) is 0. The van der Waals surface area contributed by atoms with Gasteiger partial charge in [0.2, 0.25) is 5.88 Å². The lowest BCUT2D eigenvalue weighted by molar-refractivity contribution is 0.0985. The third kappa shape index (κ3) is 3.35. The molecule has 0 saturated heterocycles. The van der Waals surface area contributed by atoms with Gasteiger partial charge in [0.1, 0.15) is 5.60 Å². The first-order valence-electron chi connectivity index (χ1n) is 5.10. The Labute approximate surface area is 90.5 Å². The number of rotatable bonds is 4. The van der Waals surface area contributed by atoms with Crippen molar-refractivity contribution < 1.29 is 9.53 Å². The highest BCUT2D eigenvalue weighted by atomic mass is 16.5. The highest BCUT2D eigenvalue weighted by molar-refractivity contribution is 5.93. The molecule has 82 valence electrons. The number of hydrogen-bond acceptors (Lipinski definition) is 3. The fraction of sp³-hybridized carbons (Fsp3) is 0.500. The lowest BCUT2D eigenvalue weighted by Gasteiger charge is -2.23. The van der Waals surface area contributed by atoms with Crippen molar-refractivity contribution in [2.75, 3.05) is 0 Å². The van der Waals surface area contributed by atoms with Crippen molar-refractivity contribution in [3.8, 4) is 5.88 Å². The Hall–Kier alpha value is -1.38. The SMILES string of the molecule is CCC(C)(C)Oc1ccc(C(C)=O)cn1. The molecule has 0 atom stereocenters. The Bertz CT molecular complexity index is 341. The van der Waals surface area contributed by atoms with Gasteiger partial charge in [0.15, 0.2) is 5.78 Å². The first kappa shape index (κ1) is 11.7. The van der Waals surface area contributed by atoms with Gasteiger partial charge in [-0.15, -0.1) is 0 Å². The van der Waals surface area contributed by atoms with Crippen molar-refractivity contribution in [2.24, 2.45) is 0 Å². The molecule has 0 aliphatic heterocycles. The van der Waals surface area contributed by atoms with Crippen LogP contribution >= 0.6 is 0 Å². The second-order valence-electron chi connectivity index (χ2n) is 4.16. The van der Waals surface area contributed by atoms with E-state index in [1.54, 1.807) is 18.3 Å². The first-order valence-corrected chi connectivity index (χ1v) is 5.10. The van der Waals surface area contributed by atoms with Crippen molar-refractivity contribution in [1.29, 1.82) is 0 Å². The minimum Gasteiger partial charge on any atom is -0.472 e. The normalized spacial score (nSPS) is 11.2. The number of carbonyl (C=O) groups is 1. The Morgan fingerprint density at radius 2 is 2.13 bits per heavy atom. The average molecular weight is 207 g/mol. The molecule has 0 saturated carbocycles. The molecule has 0 radical (unpaired) electrons. The van der Waals surface area contributed by atoms with Crippen molar-refractivity contribution in [1.82, 2.24) is 4.98 Å². The third-order valence-electron chi connectivity index (χ3n) is 2.38. The van der Waals surface area contributed by atoms with Crippen LogP contribution in [-0.4, -0.2) is 16.4 Å². The van der Waals surface area contributed by atoms with Gasteiger partial charge in [-0.3, -0.25) is 4.79 Å². The molecular formula is C12H17NO2. The number of carbonyl (C=O) groups excluding carboxylic acids is 1. The molecule has 15 heavy (non-hydrogen) atoms. The smallest absolute Gasteiger partial charge is 0.213 e. The van der Waals surface area contributed by atoms with Crippen molar-refractivity contribution in [2.45, 2.75) is 39.7 Å². The van der Waals surface area contributed by atoms with E-state index in [0.29, 0.717) is 11.4 Å². The molecule has 3 nitrogen and oxygen atoms in total. The summed E-state index contributed by atoms with van der Waals surface area (Å²) in [5.41, 5.74) is 0.390. The van der Waals surface area contributed by atoms with E-state index in [2.05, 4.69) is 11.9 Å². The summed E-state index contributed by atoms with van der Waals surface area (Å²) in [5, 5.41) is 0. The molecule has 1 heterocycles. The summed E-state index contributed by atoms with van der Waals surface area (Å²) in [6.07, 6.45) is 2.45. The van der Waals surface area contributed by atoms with Gasteiger partial charge in [-0.2, -0.15) is 0 Å². The summed E-state index contributed by atoms with van der Waals surface area (Å²) in [6.45, 7) is 7.60. The number of Topliss-reactive ketones (excluding diaryl/α,β-unsaturated/α-hetero) is 1. The maximum absolute atomic E-state index is 11.0. The van der Waals surface area contributed by atoms with Gasteiger partial charge < -0.3 is 4.74 Å². The average Bonchev–Trinajstić information content (AvgIpc) is 2.18. The molecule has 1 rings (SSSR count). The fourth-order valence-corrected chi connectivity index (χ4v) is 1.00. The molecule has 3 heteroatoms. The Balaban J connectivity index is 2.77. The highest BCUT2D eigenvalue weighted by Crippen LogP contribution is 2.18. The molecule has 0 unspecified atom stereocenters. The topological polar surface area (TPSA) is 39.2 Å². The summed E-state index contributed by atoms with van der Waals surface area (Å²) >= 11 is 0. The summed E-state index contributed by atoms with van der Waals surface area (Å²) in [6, 6.07) is 3.46. The van der Waals surface area contributed by atoms with Crippen molar-refractivity contribution in [3.05, 3.63) is 23.9 Å². The van der Waals surface area contributed by atoms with Gasteiger partial charge in [0, 0.05) is 17.8 Å². The number of nitrogens with zero attached hydrogens (tertiary/aromatic N) is 1. The van der Waals surface area contributed by atoms with Crippen LogP contribution in [0.15, 0.2) is 18.3 Å². The van der Waals surface area contributed by atoms with E-state index >= 15 is 0 Å². The van der Waals surface area contributed by atoms with Gasteiger partial charge in [-0.1, -0.05) is 6.92 Å². The minimum absolute atomic E-state index is 0.0174. The van der Waals surface area contributed by atoms with E-state index in [0.717, 1.165) is 6.42 Å². The minimum atomic E-state index is -0.218. The Morgan fingerprint density at radius 3 is 2.53 bits per heavy atom. The van der Waals surface area contributed by atoms with Gasteiger partial charge in [-0.25, -0.2) is 4.98 Å². The van der Waals surface area contributed by atoms with Crippen LogP contribution in [0.2, 0.25) is 0 Å². The molecule has 1 aromatic heterocycles. The van der Waals surface area contributed by atoms with E-state index in [4.69, 9.17) is 4.74 Å². The molecule has 1 aromatic rings. The molecule has 0 spiro atoms. The van der Waals surface area contributed by atoms with Crippen LogP contribution in [0.1, 0.15) is 44.5 Å². The number of ketones is 1. The standard InChI is InChI=1S/C12H17NO2/c1-5-12(3,4)15-11-7-6-10(8-13-11)9(2)14/h6-8H,5H2,1-4H3. The summed E-state index contributed by atoms with van der Waals surface area (Å²) in [5.74, 6) is 0.579. The Kier molecular flexibility index (Phi) is 3.45. The van der Waals surface area contributed by atoms with Crippen LogP contribution in [-0.2, 0) is 0 Å². The first-order chi connectivity index (χ1) is 6.94. The quantitative estimate of drug-likeness (QED) is 0.713. The highest BCUT2D eigenvalue weighted by Gasteiger charge is 2.17. The van der Waals surface area contributed by atoms with Gasteiger partial charge >= 0.3 is 0 Å². The van der Waals surface area contributed by atoms with Crippen LogP contribution in [0.3, 0.4) is 0 Å². The summed E-state index contributed by atoms with van der Waals surface area (Å²) in [4.78, 5) is 15.1. The van der Waals surface area contributed by atoms with Gasteiger partial charge in [0.05, 0.1) is 0 Å². The van der Waals surface area contributed by atoms with Gasteiger partial charge in [-0.05, 0) is 33.3 Å². The maximum atomic E-state index is 11.0. The largest absolute Gasteiger partial charge is 0.472 e. The van der Waals surface area contributed by atoms with Crippen LogP contribution in [0, 0.1) is 0 Å². The van der Waals surface area contributed by atoms with Crippen molar-refractivity contribution in [3.63, 3.8) is 0 Å². The predicted octanol–water partition coefficient (Wildman–Crippen LogP) is 2.85. The predicted molar refractivity (Wildman–Crippen MR) is 59.2 cm³/mol. The zero-order valence-electron chi connectivity index (χ0n) is 9.70. The zero-order valence-corrected chi connectivity index (χ0v) is 9.70. The van der Waals surface area contributed by atoms with E-state index in [1.165, 1.54) is 6.92 Å². The molecule has 0 N–H and O–H groups in total. The molecule has 0 amide bonds. The van der Waals surface area contributed by atoms with E-state index in [-0.39, 0.29) is 11.4 Å². The molecule has 0 fully saturated rings.